The van der Waals surface area contributed by atoms with Gasteiger partial charge in [-0.15, -0.1) is 0 Å². The van der Waals surface area contributed by atoms with Gasteiger partial charge in [-0.25, -0.2) is 14.5 Å². The number of nitrogens with zero attached hydrogens (tertiary/aromatic N) is 6. The average molecular weight is 626 g/mol. The zero-order chi connectivity index (χ0) is 31.8. The van der Waals surface area contributed by atoms with Crippen LogP contribution in [0.25, 0.3) is 33.5 Å². The highest BCUT2D eigenvalue weighted by atomic mass is 16.5. The quantitative estimate of drug-likeness (QED) is 0.235. The third kappa shape index (κ3) is 5.77. The Balaban J connectivity index is 1.24. The molecule has 242 valence electrons. The predicted molar refractivity (Wildman–Crippen MR) is 174 cm³/mol. The number of hydrogen-bond donors (Lipinski definition) is 2. The van der Waals surface area contributed by atoms with Crippen LogP contribution in [0.1, 0.15) is 86.1 Å². The van der Waals surface area contributed by atoms with Crippen LogP contribution in [0.2, 0.25) is 0 Å². The number of benzene rings is 1. The van der Waals surface area contributed by atoms with Crippen LogP contribution in [-0.2, 0) is 11.3 Å². The lowest BCUT2D eigenvalue weighted by molar-refractivity contribution is -0.0365. The second kappa shape index (κ2) is 12.9. The number of carbonyl (C=O) groups excluding carboxylic acids is 1. The number of aromatic amines is 1. The van der Waals surface area contributed by atoms with Gasteiger partial charge in [0.2, 0.25) is 0 Å². The van der Waals surface area contributed by atoms with Crippen LogP contribution >= 0.6 is 0 Å². The zero-order valence-corrected chi connectivity index (χ0v) is 26.7. The van der Waals surface area contributed by atoms with Crippen molar-refractivity contribution in [3.8, 4) is 22.6 Å². The average Bonchev–Trinajstić information content (AvgIpc) is 3.73. The van der Waals surface area contributed by atoms with E-state index in [2.05, 4.69) is 28.2 Å². The number of carboxylic acid groups (broad SMARTS) is 1. The third-order valence-corrected chi connectivity index (χ3v) is 10.4. The molecule has 2 N–H and O–H groups in total. The van der Waals surface area contributed by atoms with Gasteiger partial charge in [-0.1, -0.05) is 25.3 Å². The summed E-state index contributed by atoms with van der Waals surface area (Å²) in [7, 11) is 0. The molecular formula is C35H43N7O4. The van der Waals surface area contributed by atoms with E-state index >= 15 is 0 Å². The summed E-state index contributed by atoms with van der Waals surface area (Å²) in [5, 5.41) is 15.5. The fraction of sp³-hybridized carbons (Fsp3) is 0.514. The number of likely N-dealkylation sites (tertiary alicyclic amines) is 1. The van der Waals surface area contributed by atoms with E-state index in [0.29, 0.717) is 36.3 Å². The Morgan fingerprint density at radius 3 is 2.67 bits per heavy atom. The molecule has 4 aromatic rings. The minimum Gasteiger partial charge on any atom is -0.465 e. The van der Waals surface area contributed by atoms with Gasteiger partial charge in [-0.3, -0.25) is 9.78 Å². The second-order valence-electron chi connectivity index (χ2n) is 13.1. The summed E-state index contributed by atoms with van der Waals surface area (Å²) in [4.78, 5) is 41.2. The highest BCUT2D eigenvalue weighted by Crippen LogP contribution is 2.38. The van der Waals surface area contributed by atoms with Crippen LogP contribution in [0.5, 0.6) is 0 Å². The molecule has 0 radical (unpaired) electrons. The summed E-state index contributed by atoms with van der Waals surface area (Å²) in [6, 6.07) is 6.21. The topological polar surface area (TPSA) is 129 Å². The Hall–Kier alpha value is -4.25. The van der Waals surface area contributed by atoms with Gasteiger partial charge in [-0.2, -0.15) is 5.10 Å². The maximum Gasteiger partial charge on any atom is 0.407 e. The molecule has 0 bridgehead atoms. The molecule has 0 spiro atoms. The van der Waals surface area contributed by atoms with E-state index < -0.39 is 6.09 Å². The van der Waals surface area contributed by atoms with E-state index in [1.54, 1.807) is 12.4 Å². The van der Waals surface area contributed by atoms with Crippen LogP contribution < -0.4 is 0 Å². The maximum absolute atomic E-state index is 13.6. The molecule has 2 saturated heterocycles. The van der Waals surface area contributed by atoms with E-state index in [1.807, 2.05) is 29.6 Å². The molecular weight excluding hydrogens is 582 g/mol. The molecule has 1 saturated carbocycles. The van der Waals surface area contributed by atoms with Crippen molar-refractivity contribution in [3.63, 3.8) is 0 Å². The number of amides is 2. The van der Waals surface area contributed by atoms with Gasteiger partial charge >= 0.3 is 6.09 Å². The van der Waals surface area contributed by atoms with Crippen molar-refractivity contribution in [2.45, 2.75) is 78.0 Å². The van der Waals surface area contributed by atoms with Crippen LogP contribution in [0.3, 0.4) is 0 Å². The van der Waals surface area contributed by atoms with E-state index in [1.165, 1.54) is 30.6 Å². The number of pyridine rings is 1. The molecule has 2 amide bonds. The number of nitrogens with one attached hydrogen (secondary N) is 1. The lowest BCUT2D eigenvalue weighted by Crippen LogP contribution is -2.44. The fourth-order valence-electron chi connectivity index (χ4n) is 7.66. The number of ether oxygens (including phenoxy) is 1. The smallest absolute Gasteiger partial charge is 0.407 e. The summed E-state index contributed by atoms with van der Waals surface area (Å²) >= 11 is 0. The molecule has 5 heterocycles. The number of aromatic nitrogens is 5. The minimum absolute atomic E-state index is 0.00353. The lowest BCUT2D eigenvalue weighted by atomic mass is 9.75. The Bertz CT molecular complexity index is 1740. The summed E-state index contributed by atoms with van der Waals surface area (Å²) in [5.41, 5.74) is 5.80. The second-order valence-corrected chi connectivity index (χ2v) is 13.1. The lowest BCUT2D eigenvalue weighted by Gasteiger charge is -2.41. The molecule has 3 fully saturated rings. The van der Waals surface area contributed by atoms with Crippen LogP contribution in [0.15, 0.2) is 36.8 Å². The van der Waals surface area contributed by atoms with Gasteiger partial charge < -0.3 is 24.6 Å². The first-order valence-corrected chi connectivity index (χ1v) is 16.8. The van der Waals surface area contributed by atoms with Gasteiger partial charge in [0.05, 0.1) is 18.3 Å². The number of fused-ring (bicyclic) bond motifs is 2. The van der Waals surface area contributed by atoms with E-state index in [9.17, 15) is 14.7 Å². The van der Waals surface area contributed by atoms with Gasteiger partial charge in [0, 0.05) is 49.6 Å². The monoisotopic (exact) mass is 625 g/mol. The summed E-state index contributed by atoms with van der Waals surface area (Å²) < 4.78 is 8.11. The van der Waals surface area contributed by atoms with Gasteiger partial charge in [0.15, 0.2) is 12.1 Å². The fourth-order valence-corrected chi connectivity index (χ4v) is 7.66. The number of carbonyl (C=O) groups is 2. The number of rotatable bonds is 7. The van der Waals surface area contributed by atoms with Gasteiger partial charge in [0.25, 0.3) is 5.91 Å². The summed E-state index contributed by atoms with van der Waals surface area (Å²) in [6.07, 6.45) is 13.2. The van der Waals surface area contributed by atoms with Crippen molar-refractivity contribution in [1.29, 1.82) is 0 Å². The first-order valence-electron chi connectivity index (χ1n) is 16.8. The maximum atomic E-state index is 13.6. The van der Waals surface area contributed by atoms with Crippen LogP contribution in [-0.4, -0.2) is 77.9 Å². The van der Waals surface area contributed by atoms with Crippen molar-refractivity contribution in [1.82, 2.24) is 34.5 Å². The number of imidazole rings is 1. The van der Waals surface area contributed by atoms with E-state index in [-0.39, 0.29) is 18.7 Å². The summed E-state index contributed by atoms with van der Waals surface area (Å²) in [5.74, 6) is 1.91. The Morgan fingerprint density at radius 2 is 1.89 bits per heavy atom. The highest BCUT2D eigenvalue weighted by Gasteiger charge is 2.34. The summed E-state index contributed by atoms with van der Waals surface area (Å²) in [6.45, 7) is 6.81. The molecule has 7 rings (SSSR count). The molecule has 3 atom stereocenters. The minimum atomic E-state index is -0.953. The van der Waals surface area contributed by atoms with Gasteiger partial charge in [-0.05, 0) is 86.6 Å². The largest absolute Gasteiger partial charge is 0.465 e. The molecule has 2 aliphatic heterocycles. The molecule has 46 heavy (non-hydrogen) atoms. The standard InChI is InChI=1S/C35H43N7O4/c1-3-40(35(44)45)21-26-17-36-18-28(22(26)2)24-11-12-30-27(16-24)32(39-42(30)31-10-6-7-15-46-31)33-37-19-29(38-33)34(43)41-14-13-23-8-4-5-9-25(23)20-41/h11-12,16-19,23,25,31H,3-10,13-15,20-21H2,1-2H3,(H,37,38)(H,44,45). The van der Waals surface area contributed by atoms with Crippen molar-refractivity contribution < 1.29 is 19.4 Å². The number of H-pyrrole nitrogens is 1. The van der Waals surface area contributed by atoms with Crippen molar-refractivity contribution in [2.75, 3.05) is 26.2 Å². The van der Waals surface area contributed by atoms with E-state index in [0.717, 1.165) is 77.8 Å². The normalized spacial score (nSPS) is 21.7. The first kappa shape index (κ1) is 30.4. The molecule has 11 nitrogen and oxygen atoms in total. The van der Waals surface area contributed by atoms with Gasteiger partial charge in [0.1, 0.15) is 11.4 Å². The van der Waals surface area contributed by atoms with Crippen molar-refractivity contribution >= 4 is 22.9 Å². The SMILES string of the molecule is CCN(Cc1cncc(-c2ccc3c(c2)c(-c2ncc(C(=O)N4CCC5CCCCC5C4)[nH]2)nn3C2CCCCO2)c1C)C(=O)O. The molecule has 1 aliphatic carbocycles. The first-order chi connectivity index (χ1) is 22.4. The van der Waals surface area contributed by atoms with Crippen LogP contribution in [0.4, 0.5) is 4.79 Å². The third-order valence-electron chi connectivity index (χ3n) is 10.4. The Labute approximate surface area is 269 Å². The van der Waals surface area contributed by atoms with E-state index in [4.69, 9.17) is 14.8 Å². The molecule has 11 heteroatoms. The number of piperidine rings is 1. The predicted octanol–water partition coefficient (Wildman–Crippen LogP) is 6.65. The zero-order valence-electron chi connectivity index (χ0n) is 26.7. The van der Waals surface area contributed by atoms with Crippen molar-refractivity contribution in [2.24, 2.45) is 11.8 Å². The van der Waals surface area contributed by atoms with Crippen molar-refractivity contribution in [3.05, 3.63) is 53.6 Å². The molecule has 3 aliphatic rings. The molecule has 3 unspecified atom stereocenters. The Morgan fingerprint density at radius 1 is 1.07 bits per heavy atom. The molecule has 3 aromatic heterocycles. The highest BCUT2D eigenvalue weighted by molar-refractivity contribution is 5.97. The number of hydrogen-bond acceptors (Lipinski definition) is 6. The molecule has 1 aromatic carbocycles. The van der Waals surface area contributed by atoms with Crippen LogP contribution in [0, 0.1) is 18.8 Å². The Kier molecular flexibility index (Phi) is 8.50.